The minimum absolute atomic E-state index is 0.123. The molecule has 4 heteroatoms. The topological polar surface area (TPSA) is 30.0 Å². The molecule has 0 N–H and O–H groups in total. The number of benzene rings is 1. The Balaban J connectivity index is 2.43. The van der Waals surface area contributed by atoms with Crippen LogP contribution in [0.2, 0.25) is 5.02 Å². The van der Waals surface area contributed by atoms with Crippen LogP contribution in [0.5, 0.6) is 0 Å². The van der Waals surface area contributed by atoms with E-state index in [9.17, 15) is 4.79 Å². The number of thiazole rings is 1. The first-order valence-electron chi connectivity index (χ1n) is 5.37. The van der Waals surface area contributed by atoms with Gasteiger partial charge in [-0.1, -0.05) is 30.2 Å². The zero-order valence-electron chi connectivity index (χ0n) is 9.66. The summed E-state index contributed by atoms with van der Waals surface area (Å²) in [6, 6.07) is 5.80. The molecule has 0 bridgehead atoms. The predicted molar refractivity (Wildman–Crippen MR) is 71.9 cm³/mol. The van der Waals surface area contributed by atoms with Gasteiger partial charge >= 0.3 is 0 Å². The molecule has 0 radical (unpaired) electrons. The van der Waals surface area contributed by atoms with Crippen LogP contribution in [0.25, 0.3) is 10.6 Å². The Labute approximate surface area is 109 Å². The quantitative estimate of drug-likeness (QED) is 0.772. The molecule has 17 heavy (non-hydrogen) atoms. The molecule has 0 aliphatic rings. The number of hydrogen-bond donors (Lipinski definition) is 0. The molecule has 0 spiro atoms. The number of carbonyl (C=O) groups is 1. The van der Waals surface area contributed by atoms with E-state index in [4.69, 9.17) is 11.6 Å². The number of ketones is 1. The summed E-state index contributed by atoms with van der Waals surface area (Å²) < 4.78 is 0. The zero-order chi connectivity index (χ0) is 12.4. The number of aryl methyl sites for hydroxylation is 1. The predicted octanol–water partition coefficient (Wildman–Crippen LogP) is 4.36. The first-order valence-corrected chi connectivity index (χ1v) is 6.56. The Hall–Kier alpha value is -1.19. The van der Waals surface area contributed by atoms with Gasteiger partial charge in [-0.25, -0.2) is 4.98 Å². The van der Waals surface area contributed by atoms with Crippen LogP contribution in [-0.4, -0.2) is 10.8 Å². The molecule has 0 aliphatic heterocycles. The Morgan fingerprint density at radius 3 is 2.94 bits per heavy atom. The fraction of sp³-hybridized carbons (Fsp3) is 0.231. The second kappa shape index (κ2) is 4.98. The molecule has 0 aliphatic carbocycles. The highest BCUT2D eigenvalue weighted by atomic mass is 35.5. The molecule has 0 atom stereocenters. The van der Waals surface area contributed by atoms with E-state index < -0.39 is 0 Å². The molecule has 1 aromatic carbocycles. The number of Topliss-reactive ketones (excluding diaryl/α,β-unsaturated/α-hetero) is 1. The Morgan fingerprint density at radius 2 is 2.24 bits per heavy atom. The maximum atomic E-state index is 11.5. The molecule has 88 valence electrons. The van der Waals surface area contributed by atoms with Crippen molar-refractivity contribution >= 4 is 28.7 Å². The molecule has 0 fully saturated rings. The van der Waals surface area contributed by atoms with Crippen molar-refractivity contribution in [1.82, 2.24) is 4.98 Å². The third-order valence-corrected chi connectivity index (χ3v) is 3.86. The van der Waals surface area contributed by atoms with E-state index in [0.717, 1.165) is 16.1 Å². The third-order valence-electron chi connectivity index (χ3n) is 2.45. The summed E-state index contributed by atoms with van der Waals surface area (Å²) in [5.74, 6) is 0.123. The second-order valence-electron chi connectivity index (χ2n) is 3.79. The van der Waals surface area contributed by atoms with Crippen LogP contribution < -0.4 is 0 Å². The van der Waals surface area contributed by atoms with Crippen LogP contribution in [0.15, 0.2) is 24.4 Å². The maximum absolute atomic E-state index is 11.5. The highest BCUT2D eigenvalue weighted by molar-refractivity contribution is 7.17. The summed E-state index contributed by atoms with van der Waals surface area (Å²) in [7, 11) is 0. The van der Waals surface area contributed by atoms with Gasteiger partial charge in [0.15, 0.2) is 5.78 Å². The highest BCUT2D eigenvalue weighted by Gasteiger charge is 2.12. The molecular formula is C13H12ClNOS. The van der Waals surface area contributed by atoms with Gasteiger partial charge in [0.05, 0.1) is 9.90 Å². The van der Waals surface area contributed by atoms with Gasteiger partial charge < -0.3 is 0 Å². The van der Waals surface area contributed by atoms with Gasteiger partial charge in [-0.2, -0.15) is 0 Å². The fourth-order valence-corrected chi connectivity index (χ4v) is 2.72. The number of aromatic nitrogens is 1. The molecule has 1 aromatic heterocycles. The summed E-state index contributed by atoms with van der Waals surface area (Å²) in [6.07, 6.45) is 2.13. The molecular weight excluding hydrogens is 254 g/mol. The van der Waals surface area contributed by atoms with Crippen LogP contribution in [-0.2, 0) is 0 Å². The molecule has 0 unspecified atom stereocenters. The van der Waals surface area contributed by atoms with E-state index in [2.05, 4.69) is 4.98 Å². The molecule has 2 rings (SSSR count). The van der Waals surface area contributed by atoms with Gasteiger partial charge in [-0.3, -0.25) is 4.79 Å². The maximum Gasteiger partial charge on any atom is 0.174 e. The van der Waals surface area contributed by atoms with E-state index in [0.29, 0.717) is 16.3 Å². The minimum atomic E-state index is 0.123. The summed E-state index contributed by atoms with van der Waals surface area (Å²) >= 11 is 7.53. The van der Waals surface area contributed by atoms with Crippen LogP contribution >= 0.6 is 22.9 Å². The largest absolute Gasteiger partial charge is 0.293 e. The first kappa shape index (κ1) is 12.3. The lowest BCUT2D eigenvalue weighted by atomic mass is 10.1. The summed E-state index contributed by atoms with van der Waals surface area (Å²) in [5, 5.41) is 1.47. The number of halogens is 1. The molecule has 1 heterocycles. The lowest BCUT2D eigenvalue weighted by Gasteiger charge is -2.01. The number of rotatable bonds is 3. The van der Waals surface area contributed by atoms with E-state index in [1.807, 2.05) is 32.0 Å². The molecule has 0 amide bonds. The summed E-state index contributed by atoms with van der Waals surface area (Å²) in [6.45, 7) is 3.85. The normalized spacial score (nSPS) is 10.5. The van der Waals surface area contributed by atoms with E-state index in [1.165, 1.54) is 11.3 Å². The van der Waals surface area contributed by atoms with Gasteiger partial charge in [-0.15, -0.1) is 11.3 Å². The molecule has 0 saturated heterocycles. The summed E-state index contributed by atoms with van der Waals surface area (Å²) in [5.41, 5.74) is 2.02. The SMILES string of the molecule is CCC(=O)c1cnc(-c2cc(C)ccc2Cl)s1. The van der Waals surface area contributed by atoms with Crippen LogP contribution in [0.1, 0.15) is 28.6 Å². The average molecular weight is 266 g/mol. The van der Waals surface area contributed by atoms with Gasteiger partial charge in [-0.05, 0) is 19.1 Å². The monoisotopic (exact) mass is 265 g/mol. The lowest BCUT2D eigenvalue weighted by Crippen LogP contribution is -1.90. The third kappa shape index (κ3) is 2.56. The van der Waals surface area contributed by atoms with Gasteiger partial charge in [0.2, 0.25) is 0 Å². The van der Waals surface area contributed by atoms with Crippen molar-refractivity contribution in [2.24, 2.45) is 0 Å². The van der Waals surface area contributed by atoms with Gasteiger partial charge in [0, 0.05) is 18.2 Å². The second-order valence-corrected chi connectivity index (χ2v) is 5.23. The number of carbonyl (C=O) groups excluding carboxylic acids is 1. The van der Waals surface area contributed by atoms with E-state index in [1.54, 1.807) is 6.20 Å². The fourth-order valence-electron chi connectivity index (χ4n) is 1.50. The number of hydrogen-bond acceptors (Lipinski definition) is 3. The van der Waals surface area contributed by atoms with Crippen molar-refractivity contribution < 1.29 is 4.79 Å². The zero-order valence-corrected chi connectivity index (χ0v) is 11.2. The van der Waals surface area contributed by atoms with Crippen LogP contribution in [0.4, 0.5) is 0 Å². The van der Waals surface area contributed by atoms with E-state index in [-0.39, 0.29) is 5.78 Å². The first-order chi connectivity index (χ1) is 8.11. The molecule has 0 saturated carbocycles. The standard InChI is InChI=1S/C13H12ClNOS/c1-3-11(16)12-7-15-13(17-12)9-6-8(2)4-5-10(9)14/h4-7H,3H2,1-2H3. The summed E-state index contributed by atoms with van der Waals surface area (Å²) in [4.78, 5) is 16.5. The van der Waals surface area contributed by atoms with Crippen molar-refractivity contribution in [2.45, 2.75) is 20.3 Å². The minimum Gasteiger partial charge on any atom is -0.293 e. The van der Waals surface area contributed by atoms with Crippen LogP contribution in [0, 0.1) is 6.92 Å². The smallest absolute Gasteiger partial charge is 0.174 e. The van der Waals surface area contributed by atoms with Crippen molar-refractivity contribution in [3.63, 3.8) is 0 Å². The van der Waals surface area contributed by atoms with Crippen molar-refractivity contribution in [2.75, 3.05) is 0 Å². The van der Waals surface area contributed by atoms with Gasteiger partial charge in [0.25, 0.3) is 0 Å². The Kier molecular flexibility index (Phi) is 3.60. The van der Waals surface area contributed by atoms with Gasteiger partial charge in [0.1, 0.15) is 5.01 Å². The Morgan fingerprint density at radius 1 is 1.47 bits per heavy atom. The van der Waals surface area contributed by atoms with Crippen molar-refractivity contribution in [3.8, 4) is 10.6 Å². The highest BCUT2D eigenvalue weighted by Crippen LogP contribution is 2.32. The average Bonchev–Trinajstić information content (AvgIpc) is 2.80. The lowest BCUT2D eigenvalue weighted by molar-refractivity contribution is 0.0992. The van der Waals surface area contributed by atoms with Crippen LogP contribution in [0.3, 0.4) is 0 Å². The van der Waals surface area contributed by atoms with Crippen molar-refractivity contribution in [1.29, 1.82) is 0 Å². The molecule has 2 aromatic rings. The number of nitrogens with zero attached hydrogens (tertiary/aromatic N) is 1. The molecule has 2 nitrogen and oxygen atoms in total. The van der Waals surface area contributed by atoms with E-state index >= 15 is 0 Å². The Bertz CT molecular complexity index is 562. The van der Waals surface area contributed by atoms with Crippen molar-refractivity contribution in [3.05, 3.63) is 39.9 Å².